The Hall–Kier alpha value is -1.26. The van der Waals surface area contributed by atoms with Crippen molar-refractivity contribution in [2.75, 3.05) is 5.32 Å². The van der Waals surface area contributed by atoms with Crippen molar-refractivity contribution in [2.24, 2.45) is 5.41 Å². The van der Waals surface area contributed by atoms with Crippen LogP contribution >= 0.6 is 0 Å². The summed E-state index contributed by atoms with van der Waals surface area (Å²) in [4.78, 5) is 3.42. The Morgan fingerprint density at radius 2 is 2.00 bits per heavy atom. The Morgan fingerprint density at radius 1 is 1.35 bits per heavy atom. The number of nitrogens with zero attached hydrogens (tertiary/aromatic N) is 1. The van der Waals surface area contributed by atoms with Gasteiger partial charge in [-0.25, -0.2) is 4.98 Å². The summed E-state index contributed by atoms with van der Waals surface area (Å²) in [6, 6.07) is 2.68. The molecule has 0 aliphatic heterocycles. The number of alkyl halides is 3. The quantitative estimate of drug-likeness (QED) is 0.876. The van der Waals surface area contributed by atoms with Gasteiger partial charge in [-0.05, 0) is 37.3 Å². The number of halogens is 3. The molecular formula is C12H15F3N2. The molecule has 1 aromatic rings. The van der Waals surface area contributed by atoms with Crippen LogP contribution in [-0.2, 0) is 6.18 Å². The summed E-state index contributed by atoms with van der Waals surface area (Å²) in [5.41, 5.74) is 0.0647. The summed E-state index contributed by atoms with van der Waals surface area (Å²) in [5, 5.41) is 3.19. The van der Waals surface area contributed by atoms with Gasteiger partial charge >= 0.3 is 6.18 Å². The van der Waals surface area contributed by atoms with Gasteiger partial charge in [0.25, 0.3) is 0 Å². The van der Waals surface area contributed by atoms with Crippen molar-refractivity contribution in [2.45, 2.75) is 38.9 Å². The zero-order valence-electron chi connectivity index (χ0n) is 9.80. The van der Waals surface area contributed by atoms with Crippen molar-refractivity contribution in [3.05, 3.63) is 24.0 Å². The maximum Gasteiger partial charge on any atom is 0.433 e. The molecular weight excluding hydrogens is 229 g/mol. The number of hydrogen-bond acceptors (Lipinski definition) is 2. The lowest BCUT2D eigenvalue weighted by Gasteiger charge is -2.21. The summed E-state index contributed by atoms with van der Waals surface area (Å²) < 4.78 is 36.9. The predicted molar refractivity (Wildman–Crippen MR) is 59.7 cm³/mol. The summed E-state index contributed by atoms with van der Waals surface area (Å²) in [5.74, 6) is 0. The van der Waals surface area contributed by atoms with Crippen LogP contribution in [0.15, 0.2) is 18.3 Å². The third-order valence-corrected chi connectivity index (χ3v) is 3.52. The number of rotatable bonds is 3. The molecule has 1 unspecified atom stereocenters. The molecule has 0 amide bonds. The van der Waals surface area contributed by atoms with Crippen molar-refractivity contribution in [1.29, 1.82) is 0 Å². The molecule has 0 saturated heterocycles. The van der Waals surface area contributed by atoms with Crippen LogP contribution in [-0.4, -0.2) is 11.0 Å². The molecule has 1 heterocycles. The van der Waals surface area contributed by atoms with Crippen molar-refractivity contribution < 1.29 is 13.2 Å². The minimum absolute atomic E-state index is 0.251. The Kier molecular flexibility index (Phi) is 2.79. The lowest BCUT2D eigenvalue weighted by atomic mass is 10.0. The van der Waals surface area contributed by atoms with Crippen LogP contribution in [0.5, 0.6) is 0 Å². The minimum Gasteiger partial charge on any atom is -0.381 e. The van der Waals surface area contributed by atoms with Gasteiger partial charge in [-0.2, -0.15) is 13.2 Å². The molecule has 1 fully saturated rings. The molecule has 1 saturated carbocycles. The first-order valence-corrected chi connectivity index (χ1v) is 5.61. The lowest BCUT2D eigenvalue weighted by molar-refractivity contribution is -0.141. The van der Waals surface area contributed by atoms with Crippen LogP contribution in [0.3, 0.4) is 0 Å². The second-order valence-corrected chi connectivity index (χ2v) is 4.95. The number of hydrogen-bond donors (Lipinski definition) is 1. The van der Waals surface area contributed by atoms with E-state index in [0.29, 0.717) is 5.69 Å². The Bertz CT molecular complexity index is 393. The topological polar surface area (TPSA) is 24.9 Å². The zero-order chi connectivity index (χ0) is 12.7. The zero-order valence-corrected chi connectivity index (χ0v) is 9.80. The van der Waals surface area contributed by atoms with E-state index in [0.717, 1.165) is 18.9 Å². The Balaban J connectivity index is 2.03. The molecule has 1 aromatic heterocycles. The van der Waals surface area contributed by atoms with E-state index in [1.807, 2.05) is 6.92 Å². The minimum atomic E-state index is -4.37. The molecule has 0 spiro atoms. The highest BCUT2D eigenvalue weighted by Crippen LogP contribution is 2.48. The normalized spacial score (nSPS) is 19.8. The van der Waals surface area contributed by atoms with Crippen molar-refractivity contribution in [3.63, 3.8) is 0 Å². The molecule has 0 radical (unpaired) electrons. The molecule has 1 atom stereocenters. The van der Waals surface area contributed by atoms with Gasteiger partial charge in [0.15, 0.2) is 0 Å². The molecule has 1 N–H and O–H groups in total. The second kappa shape index (κ2) is 3.89. The number of pyridine rings is 1. The fraction of sp³-hybridized carbons (Fsp3) is 0.583. The molecule has 94 valence electrons. The average Bonchev–Trinajstić information content (AvgIpc) is 2.97. The summed E-state index contributed by atoms with van der Waals surface area (Å²) in [6.45, 7) is 4.22. The summed E-state index contributed by atoms with van der Waals surface area (Å²) >= 11 is 0. The van der Waals surface area contributed by atoms with Crippen LogP contribution in [0, 0.1) is 5.41 Å². The SMILES string of the molecule is CC(Nc1ccc(C(F)(F)F)nc1)C1(C)CC1. The molecule has 0 aromatic carbocycles. The Morgan fingerprint density at radius 3 is 2.41 bits per heavy atom. The smallest absolute Gasteiger partial charge is 0.381 e. The first kappa shape index (κ1) is 12.2. The van der Waals surface area contributed by atoms with Gasteiger partial charge in [0.05, 0.1) is 11.9 Å². The van der Waals surface area contributed by atoms with Crippen molar-refractivity contribution in [3.8, 4) is 0 Å². The van der Waals surface area contributed by atoms with Crippen LogP contribution in [0.25, 0.3) is 0 Å². The van der Waals surface area contributed by atoms with Gasteiger partial charge in [0, 0.05) is 6.04 Å². The lowest BCUT2D eigenvalue weighted by Crippen LogP contribution is -2.25. The molecule has 5 heteroatoms. The molecule has 17 heavy (non-hydrogen) atoms. The van der Waals surface area contributed by atoms with Gasteiger partial charge in [0.1, 0.15) is 5.69 Å². The van der Waals surface area contributed by atoms with Crippen molar-refractivity contribution in [1.82, 2.24) is 4.98 Å². The first-order valence-electron chi connectivity index (χ1n) is 5.61. The van der Waals surface area contributed by atoms with E-state index in [1.54, 1.807) is 0 Å². The van der Waals surface area contributed by atoms with Crippen LogP contribution in [0.2, 0.25) is 0 Å². The third kappa shape index (κ3) is 2.70. The van der Waals surface area contributed by atoms with Crippen LogP contribution < -0.4 is 5.32 Å². The predicted octanol–water partition coefficient (Wildman–Crippen LogP) is 3.70. The monoisotopic (exact) mass is 244 g/mol. The van der Waals surface area contributed by atoms with Crippen molar-refractivity contribution >= 4 is 5.69 Å². The maximum atomic E-state index is 12.3. The van der Waals surface area contributed by atoms with E-state index in [-0.39, 0.29) is 11.5 Å². The number of anilines is 1. The Labute approximate surface area is 98.2 Å². The fourth-order valence-corrected chi connectivity index (χ4v) is 1.70. The van der Waals surface area contributed by atoms with E-state index < -0.39 is 11.9 Å². The molecule has 2 rings (SSSR count). The standard InChI is InChI=1S/C12H15F3N2/c1-8(11(2)5-6-11)17-9-3-4-10(16-7-9)12(13,14)15/h3-4,7-8,17H,5-6H2,1-2H3. The van der Waals surface area contributed by atoms with Gasteiger partial charge in [-0.3, -0.25) is 0 Å². The third-order valence-electron chi connectivity index (χ3n) is 3.52. The summed E-state index contributed by atoms with van der Waals surface area (Å²) in [7, 11) is 0. The number of nitrogens with one attached hydrogen (secondary N) is 1. The average molecular weight is 244 g/mol. The highest BCUT2D eigenvalue weighted by molar-refractivity contribution is 5.43. The molecule has 1 aliphatic carbocycles. The fourth-order valence-electron chi connectivity index (χ4n) is 1.70. The van der Waals surface area contributed by atoms with Crippen LogP contribution in [0.4, 0.5) is 18.9 Å². The molecule has 1 aliphatic rings. The van der Waals surface area contributed by atoms with E-state index in [4.69, 9.17) is 0 Å². The number of aromatic nitrogens is 1. The van der Waals surface area contributed by atoms with Crippen LogP contribution in [0.1, 0.15) is 32.4 Å². The van der Waals surface area contributed by atoms with E-state index >= 15 is 0 Å². The van der Waals surface area contributed by atoms with Gasteiger partial charge < -0.3 is 5.32 Å². The second-order valence-electron chi connectivity index (χ2n) is 4.95. The van der Waals surface area contributed by atoms with E-state index in [9.17, 15) is 13.2 Å². The van der Waals surface area contributed by atoms with Gasteiger partial charge in [0.2, 0.25) is 0 Å². The first-order chi connectivity index (χ1) is 7.81. The maximum absolute atomic E-state index is 12.3. The van der Waals surface area contributed by atoms with E-state index in [1.165, 1.54) is 12.3 Å². The van der Waals surface area contributed by atoms with E-state index in [2.05, 4.69) is 17.2 Å². The summed E-state index contributed by atoms with van der Waals surface area (Å²) in [6.07, 6.45) is -0.803. The molecule has 0 bridgehead atoms. The highest BCUT2D eigenvalue weighted by atomic mass is 19.4. The molecule has 2 nitrogen and oxygen atoms in total. The largest absolute Gasteiger partial charge is 0.433 e. The van der Waals surface area contributed by atoms with Gasteiger partial charge in [-0.15, -0.1) is 0 Å². The highest BCUT2D eigenvalue weighted by Gasteiger charge is 2.42. The van der Waals surface area contributed by atoms with Gasteiger partial charge in [-0.1, -0.05) is 6.92 Å².